The van der Waals surface area contributed by atoms with Crippen LogP contribution < -0.4 is 0 Å². The van der Waals surface area contributed by atoms with Gasteiger partial charge in [0.2, 0.25) is 0 Å². The fourth-order valence-electron chi connectivity index (χ4n) is 0.618. The number of thiophene rings is 1. The number of halogens is 1. The molecule has 9 heavy (non-hydrogen) atoms. The summed E-state index contributed by atoms with van der Waals surface area (Å²) in [5.41, 5.74) is 0. The van der Waals surface area contributed by atoms with E-state index in [1.807, 2.05) is 6.92 Å². The van der Waals surface area contributed by atoms with Crippen LogP contribution in [0.2, 0.25) is 5.02 Å². The van der Waals surface area contributed by atoms with Crippen molar-refractivity contribution >= 4 is 22.9 Å². The van der Waals surface area contributed by atoms with Gasteiger partial charge >= 0.3 is 0 Å². The van der Waals surface area contributed by atoms with Gasteiger partial charge in [-0.1, -0.05) is 18.5 Å². The Balaban J connectivity index is 3.04. The zero-order valence-electron chi connectivity index (χ0n) is 5.02. The first-order chi connectivity index (χ1) is 4.25. The van der Waals surface area contributed by atoms with Gasteiger partial charge in [0.05, 0.1) is 5.02 Å². The number of hydrogen-bond acceptors (Lipinski definition) is 2. The quantitative estimate of drug-likeness (QED) is 0.673. The minimum atomic E-state index is 0.254. The molecule has 1 aromatic rings. The summed E-state index contributed by atoms with van der Waals surface area (Å²) in [6.07, 6.45) is 0.850. The lowest BCUT2D eigenvalue weighted by molar-refractivity contribution is 0.472. The Kier molecular flexibility index (Phi) is 1.98. The van der Waals surface area contributed by atoms with Gasteiger partial charge in [0, 0.05) is 10.3 Å². The molecule has 3 heteroatoms. The molecule has 0 aliphatic heterocycles. The van der Waals surface area contributed by atoms with Gasteiger partial charge in [-0.3, -0.25) is 0 Å². The van der Waals surface area contributed by atoms with E-state index in [9.17, 15) is 0 Å². The molecule has 0 unspecified atom stereocenters. The van der Waals surface area contributed by atoms with Gasteiger partial charge in [-0.15, -0.1) is 11.3 Å². The second kappa shape index (κ2) is 2.58. The molecule has 0 amide bonds. The average Bonchev–Trinajstić information content (AvgIpc) is 2.15. The van der Waals surface area contributed by atoms with Crippen molar-refractivity contribution < 1.29 is 5.11 Å². The van der Waals surface area contributed by atoms with Crippen LogP contribution in [0, 0.1) is 0 Å². The normalized spacial score (nSPS) is 10.0. The Morgan fingerprint density at radius 2 is 2.44 bits per heavy atom. The Bertz CT molecular complexity index is 207. The highest BCUT2D eigenvalue weighted by molar-refractivity contribution is 7.10. The van der Waals surface area contributed by atoms with E-state index >= 15 is 0 Å². The maximum Gasteiger partial charge on any atom is 0.148 e. The lowest BCUT2D eigenvalue weighted by Gasteiger charge is -1.89. The van der Waals surface area contributed by atoms with E-state index in [-0.39, 0.29) is 5.75 Å². The van der Waals surface area contributed by atoms with Gasteiger partial charge in [0.15, 0.2) is 0 Å². The summed E-state index contributed by atoms with van der Waals surface area (Å²) >= 11 is 7.06. The topological polar surface area (TPSA) is 20.2 Å². The van der Waals surface area contributed by atoms with Crippen LogP contribution in [0.3, 0.4) is 0 Å². The van der Waals surface area contributed by atoms with Gasteiger partial charge in [0.25, 0.3) is 0 Å². The van der Waals surface area contributed by atoms with Gasteiger partial charge in [-0.05, 0) is 6.42 Å². The summed E-state index contributed by atoms with van der Waals surface area (Å²) in [5, 5.41) is 11.3. The summed E-state index contributed by atoms with van der Waals surface area (Å²) < 4.78 is 0. The molecule has 0 saturated heterocycles. The molecule has 0 saturated carbocycles. The molecule has 1 N–H and O–H groups in total. The molecule has 1 heterocycles. The summed E-state index contributed by atoms with van der Waals surface area (Å²) in [6, 6.07) is 0. The summed E-state index contributed by atoms with van der Waals surface area (Å²) in [6.45, 7) is 1.99. The maximum absolute atomic E-state index is 9.12. The molecule has 50 valence electrons. The molecular formula is C6H7ClOS. The smallest absolute Gasteiger partial charge is 0.148 e. The van der Waals surface area contributed by atoms with Gasteiger partial charge < -0.3 is 5.11 Å². The van der Waals surface area contributed by atoms with Crippen molar-refractivity contribution in [2.45, 2.75) is 13.3 Å². The molecule has 0 radical (unpaired) electrons. The number of rotatable bonds is 1. The van der Waals surface area contributed by atoms with E-state index in [0.29, 0.717) is 5.02 Å². The predicted octanol–water partition coefficient (Wildman–Crippen LogP) is 2.67. The molecule has 0 aliphatic carbocycles. The van der Waals surface area contributed by atoms with Crippen LogP contribution >= 0.6 is 22.9 Å². The van der Waals surface area contributed by atoms with Crippen LogP contribution in [0.4, 0.5) is 0 Å². The van der Waals surface area contributed by atoms with E-state index in [1.165, 1.54) is 11.3 Å². The molecule has 1 rings (SSSR count). The van der Waals surface area contributed by atoms with E-state index in [4.69, 9.17) is 16.7 Å². The van der Waals surface area contributed by atoms with Crippen molar-refractivity contribution in [3.05, 3.63) is 15.3 Å². The first-order valence-corrected chi connectivity index (χ1v) is 3.96. The summed E-state index contributed by atoms with van der Waals surface area (Å²) in [4.78, 5) is 0.958. The third kappa shape index (κ3) is 1.19. The molecule has 0 fully saturated rings. The molecule has 0 aromatic carbocycles. The van der Waals surface area contributed by atoms with Crippen molar-refractivity contribution in [2.24, 2.45) is 0 Å². The molecule has 0 bridgehead atoms. The monoisotopic (exact) mass is 162 g/mol. The molecule has 0 aliphatic rings. The minimum absolute atomic E-state index is 0.254. The fourth-order valence-corrected chi connectivity index (χ4v) is 1.67. The molecular weight excluding hydrogens is 156 g/mol. The van der Waals surface area contributed by atoms with E-state index < -0.39 is 0 Å². The standard InChI is InChI=1S/C6H7ClOS/c1-2-5-6(8)4(7)3-9-5/h3,8H,2H2,1H3. The van der Waals surface area contributed by atoms with Crippen molar-refractivity contribution in [1.82, 2.24) is 0 Å². The highest BCUT2D eigenvalue weighted by Crippen LogP contribution is 2.33. The van der Waals surface area contributed by atoms with Gasteiger partial charge in [-0.25, -0.2) is 0 Å². The second-order valence-corrected chi connectivity index (χ2v) is 3.08. The zero-order valence-corrected chi connectivity index (χ0v) is 6.59. The minimum Gasteiger partial charge on any atom is -0.505 e. The maximum atomic E-state index is 9.12. The Morgan fingerprint density at radius 1 is 1.78 bits per heavy atom. The Morgan fingerprint density at radius 3 is 2.67 bits per heavy atom. The van der Waals surface area contributed by atoms with Crippen LogP contribution in [0.25, 0.3) is 0 Å². The Hall–Kier alpha value is -0.210. The zero-order chi connectivity index (χ0) is 6.85. The Labute approximate surface area is 62.9 Å². The van der Waals surface area contributed by atoms with E-state index in [2.05, 4.69) is 0 Å². The van der Waals surface area contributed by atoms with Gasteiger partial charge in [-0.2, -0.15) is 0 Å². The van der Waals surface area contributed by atoms with Gasteiger partial charge in [0.1, 0.15) is 5.75 Å². The average molecular weight is 163 g/mol. The molecule has 1 aromatic heterocycles. The molecule has 1 nitrogen and oxygen atoms in total. The van der Waals surface area contributed by atoms with Crippen molar-refractivity contribution in [1.29, 1.82) is 0 Å². The van der Waals surface area contributed by atoms with Crippen molar-refractivity contribution in [3.63, 3.8) is 0 Å². The first-order valence-electron chi connectivity index (χ1n) is 2.70. The van der Waals surface area contributed by atoms with Crippen LogP contribution in [-0.2, 0) is 6.42 Å². The number of aryl methyl sites for hydroxylation is 1. The van der Waals surface area contributed by atoms with Crippen LogP contribution in [0.5, 0.6) is 5.75 Å². The highest BCUT2D eigenvalue weighted by atomic mass is 35.5. The highest BCUT2D eigenvalue weighted by Gasteiger charge is 2.04. The summed E-state index contributed by atoms with van der Waals surface area (Å²) in [7, 11) is 0. The lowest BCUT2D eigenvalue weighted by atomic mass is 10.3. The number of aromatic hydroxyl groups is 1. The summed E-state index contributed by atoms with van der Waals surface area (Å²) in [5.74, 6) is 0.254. The molecule has 0 spiro atoms. The lowest BCUT2D eigenvalue weighted by Crippen LogP contribution is -1.69. The third-order valence-corrected chi connectivity index (χ3v) is 2.65. The van der Waals surface area contributed by atoms with Crippen LogP contribution in [0.1, 0.15) is 11.8 Å². The number of hydrogen-bond donors (Lipinski definition) is 1. The fraction of sp³-hybridized carbons (Fsp3) is 0.333. The molecule has 0 atom stereocenters. The van der Waals surface area contributed by atoms with Crippen LogP contribution in [0.15, 0.2) is 5.38 Å². The SMILES string of the molecule is CCc1scc(Cl)c1O. The van der Waals surface area contributed by atoms with Crippen molar-refractivity contribution in [3.8, 4) is 5.75 Å². The first kappa shape index (κ1) is 6.90. The van der Waals surface area contributed by atoms with E-state index in [1.54, 1.807) is 5.38 Å². The largest absolute Gasteiger partial charge is 0.505 e. The van der Waals surface area contributed by atoms with Crippen molar-refractivity contribution in [2.75, 3.05) is 0 Å². The van der Waals surface area contributed by atoms with E-state index in [0.717, 1.165) is 11.3 Å². The predicted molar refractivity (Wildman–Crippen MR) is 40.4 cm³/mol. The second-order valence-electron chi connectivity index (χ2n) is 1.71. The van der Waals surface area contributed by atoms with Crippen LogP contribution in [-0.4, -0.2) is 5.11 Å². The third-order valence-electron chi connectivity index (χ3n) is 1.12.